The minimum Gasteiger partial charge on any atom is -0.468 e. The zero-order valence-electron chi connectivity index (χ0n) is 12.9. The van der Waals surface area contributed by atoms with Crippen LogP contribution >= 0.6 is 0 Å². The summed E-state index contributed by atoms with van der Waals surface area (Å²) in [5.41, 5.74) is -0.553. The molecule has 0 saturated carbocycles. The van der Waals surface area contributed by atoms with Crippen molar-refractivity contribution < 1.29 is 9.53 Å². The molecule has 0 aliphatic carbocycles. The Morgan fingerprint density at radius 2 is 2.06 bits per heavy atom. The molecule has 0 aromatic carbocycles. The number of esters is 1. The minimum absolute atomic E-state index is 0.164. The fourth-order valence-electron chi connectivity index (χ4n) is 1.83. The van der Waals surface area contributed by atoms with E-state index in [4.69, 9.17) is 4.74 Å². The van der Waals surface area contributed by atoms with Gasteiger partial charge >= 0.3 is 5.97 Å². The Hall–Kier alpha value is -0.610. The number of carbonyl (C=O) groups excluding carboxylic acids is 1. The topological polar surface area (TPSA) is 41.6 Å². The van der Waals surface area contributed by atoms with Gasteiger partial charge in [0, 0.05) is 6.04 Å². The van der Waals surface area contributed by atoms with Crippen LogP contribution in [0.2, 0.25) is 0 Å². The van der Waals surface area contributed by atoms with Crippen LogP contribution in [-0.2, 0) is 9.53 Å². The zero-order chi connectivity index (χ0) is 14.2. The molecule has 1 unspecified atom stereocenters. The lowest BCUT2D eigenvalue weighted by molar-refractivity contribution is -0.148. The highest BCUT2D eigenvalue weighted by atomic mass is 16.5. The van der Waals surface area contributed by atoms with Crippen molar-refractivity contribution in [2.45, 2.75) is 58.5 Å². The lowest BCUT2D eigenvalue weighted by Crippen LogP contribution is -2.50. The summed E-state index contributed by atoms with van der Waals surface area (Å²) in [4.78, 5) is 14.1. The van der Waals surface area contributed by atoms with Crippen LogP contribution in [-0.4, -0.2) is 49.7 Å². The highest BCUT2D eigenvalue weighted by molar-refractivity contribution is 5.80. The first-order chi connectivity index (χ1) is 8.37. The molecule has 4 heteroatoms. The summed E-state index contributed by atoms with van der Waals surface area (Å²) in [6.45, 7) is 10.2. The van der Waals surface area contributed by atoms with E-state index in [1.54, 1.807) is 0 Å². The van der Waals surface area contributed by atoms with Crippen LogP contribution in [0.5, 0.6) is 0 Å². The third-order valence-corrected chi connectivity index (χ3v) is 3.47. The predicted octanol–water partition coefficient (Wildman–Crippen LogP) is 2.04. The molecule has 0 saturated heterocycles. The Balaban J connectivity index is 4.29. The standard InChI is InChI=1S/C14H30N2O2/c1-7-10-15-14(4,13(17)18-6)9-8-11-16(5)12(2)3/h12,15H,7-11H2,1-6H3. The Morgan fingerprint density at radius 3 is 2.50 bits per heavy atom. The molecule has 0 aliphatic heterocycles. The minimum atomic E-state index is -0.553. The predicted molar refractivity (Wildman–Crippen MR) is 75.7 cm³/mol. The van der Waals surface area contributed by atoms with Crippen molar-refractivity contribution in [3.63, 3.8) is 0 Å². The molecule has 0 radical (unpaired) electrons. The Morgan fingerprint density at radius 1 is 1.44 bits per heavy atom. The van der Waals surface area contributed by atoms with Crippen molar-refractivity contribution in [3.8, 4) is 0 Å². The van der Waals surface area contributed by atoms with E-state index >= 15 is 0 Å². The van der Waals surface area contributed by atoms with Crippen molar-refractivity contribution >= 4 is 5.97 Å². The second-order valence-electron chi connectivity index (χ2n) is 5.43. The van der Waals surface area contributed by atoms with Crippen LogP contribution in [0, 0.1) is 0 Å². The Labute approximate surface area is 112 Å². The quantitative estimate of drug-likeness (QED) is 0.643. The van der Waals surface area contributed by atoms with E-state index in [9.17, 15) is 4.79 Å². The van der Waals surface area contributed by atoms with Gasteiger partial charge in [0.05, 0.1) is 7.11 Å². The average molecular weight is 258 g/mol. The number of rotatable bonds is 9. The summed E-state index contributed by atoms with van der Waals surface area (Å²) in [5.74, 6) is -0.164. The van der Waals surface area contributed by atoms with Gasteiger partial charge in [0.25, 0.3) is 0 Å². The third-order valence-electron chi connectivity index (χ3n) is 3.47. The molecule has 0 aromatic heterocycles. The first kappa shape index (κ1) is 17.4. The zero-order valence-corrected chi connectivity index (χ0v) is 12.9. The number of nitrogens with zero attached hydrogens (tertiary/aromatic N) is 1. The molecule has 0 fully saturated rings. The number of carbonyl (C=O) groups is 1. The molecule has 0 spiro atoms. The SMILES string of the molecule is CCCNC(C)(CCCN(C)C(C)C)C(=O)OC. The molecule has 0 aromatic rings. The molecular formula is C14H30N2O2. The third kappa shape index (κ3) is 5.83. The molecule has 1 atom stereocenters. The fraction of sp³-hybridized carbons (Fsp3) is 0.929. The van der Waals surface area contributed by atoms with Crippen LogP contribution in [0.15, 0.2) is 0 Å². The summed E-state index contributed by atoms with van der Waals surface area (Å²) in [6.07, 6.45) is 2.80. The summed E-state index contributed by atoms with van der Waals surface area (Å²) in [6, 6.07) is 0.540. The van der Waals surface area contributed by atoms with Gasteiger partial charge in [0.2, 0.25) is 0 Å². The van der Waals surface area contributed by atoms with Crippen LogP contribution in [0.3, 0.4) is 0 Å². The number of hydrogen-bond acceptors (Lipinski definition) is 4. The van der Waals surface area contributed by atoms with E-state index in [0.717, 1.165) is 32.4 Å². The largest absolute Gasteiger partial charge is 0.468 e. The molecule has 0 heterocycles. The molecular weight excluding hydrogens is 228 g/mol. The number of nitrogens with one attached hydrogen (secondary N) is 1. The summed E-state index contributed by atoms with van der Waals surface area (Å²) >= 11 is 0. The van der Waals surface area contributed by atoms with Crippen LogP contribution in [0.4, 0.5) is 0 Å². The van der Waals surface area contributed by atoms with E-state index in [-0.39, 0.29) is 5.97 Å². The fourth-order valence-corrected chi connectivity index (χ4v) is 1.83. The lowest BCUT2D eigenvalue weighted by Gasteiger charge is -2.29. The lowest BCUT2D eigenvalue weighted by atomic mass is 9.95. The van der Waals surface area contributed by atoms with E-state index in [2.05, 4.69) is 38.0 Å². The molecule has 4 nitrogen and oxygen atoms in total. The van der Waals surface area contributed by atoms with Crippen LogP contribution in [0.1, 0.15) is 47.0 Å². The number of methoxy groups -OCH3 is 1. The highest BCUT2D eigenvalue weighted by Gasteiger charge is 2.32. The molecule has 1 N–H and O–H groups in total. The van der Waals surface area contributed by atoms with Crippen molar-refractivity contribution in [3.05, 3.63) is 0 Å². The maximum absolute atomic E-state index is 11.9. The smallest absolute Gasteiger partial charge is 0.325 e. The second-order valence-corrected chi connectivity index (χ2v) is 5.43. The first-order valence-electron chi connectivity index (χ1n) is 6.91. The maximum atomic E-state index is 11.9. The second kappa shape index (κ2) is 8.48. The molecule has 108 valence electrons. The first-order valence-corrected chi connectivity index (χ1v) is 6.91. The summed E-state index contributed by atoms with van der Waals surface area (Å²) < 4.78 is 4.90. The van der Waals surface area contributed by atoms with E-state index in [0.29, 0.717) is 6.04 Å². The van der Waals surface area contributed by atoms with Gasteiger partial charge in [-0.05, 0) is 60.2 Å². The van der Waals surface area contributed by atoms with E-state index in [1.165, 1.54) is 7.11 Å². The molecule has 0 rings (SSSR count). The van der Waals surface area contributed by atoms with Gasteiger partial charge in [0.15, 0.2) is 0 Å². The number of hydrogen-bond donors (Lipinski definition) is 1. The van der Waals surface area contributed by atoms with Gasteiger partial charge in [-0.1, -0.05) is 6.92 Å². The van der Waals surface area contributed by atoms with Crippen LogP contribution < -0.4 is 5.32 Å². The van der Waals surface area contributed by atoms with Crippen molar-refractivity contribution in [1.29, 1.82) is 0 Å². The average Bonchev–Trinajstić information content (AvgIpc) is 2.34. The maximum Gasteiger partial charge on any atom is 0.325 e. The van der Waals surface area contributed by atoms with Crippen molar-refractivity contribution in [2.75, 3.05) is 27.2 Å². The monoisotopic (exact) mass is 258 g/mol. The van der Waals surface area contributed by atoms with Gasteiger partial charge in [0.1, 0.15) is 5.54 Å². The Bertz CT molecular complexity index is 244. The van der Waals surface area contributed by atoms with Crippen LogP contribution in [0.25, 0.3) is 0 Å². The van der Waals surface area contributed by atoms with Gasteiger partial charge in [-0.25, -0.2) is 0 Å². The number of ether oxygens (including phenoxy) is 1. The van der Waals surface area contributed by atoms with E-state index < -0.39 is 5.54 Å². The van der Waals surface area contributed by atoms with Gasteiger partial charge in [-0.3, -0.25) is 4.79 Å². The molecule has 0 amide bonds. The van der Waals surface area contributed by atoms with Gasteiger partial charge < -0.3 is 15.0 Å². The summed E-state index contributed by atoms with van der Waals surface area (Å²) in [7, 11) is 3.56. The highest BCUT2D eigenvalue weighted by Crippen LogP contribution is 2.15. The van der Waals surface area contributed by atoms with Crippen molar-refractivity contribution in [1.82, 2.24) is 10.2 Å². The molecule has 0 aliphatic rings. The van der Waals surface area contributed by atoms with Gasteiger partial charge in [-0.15, -0.1) is 0 Å². The van der Waals surface area contributed by atoms with Crippen molar-refractivity contribution in [2.24, 2.45) is 0 Å². The van der Waals surface area contributed by atoms with Gasteiger partial charge in [-0.2, -0.15) is 0 Å². The summed E-state index contributed by atoms with van der Waals surface area (Å²) in [5, 5.41) is 3.31. The Kier molecular flexibility index (Phi) is 8.20. The molecule has 18 heavy (non-hydrogen) atoms. The normalized spacial score (nSPS) is 14.9. The molecule has 0 bridgehead atoms. The van der Waals surface area contributed by atoms with E-state index in [1.807, 2.05) is 6.92 Å².